The molecule has 112 valence electrons. The van der Waals surface area contributed by atoms with Crippen molar-refractivity contribution in [3.63, 3.8) is 0 Å². The molecule has 0 radical (unpaired) electrons. The molecule has 0 amide bonds. The number of piperidine rings is 1. The summed E-state index contributed by atoms with van der Waals surface area (Å²) in [5.74, 6) is 0.749. The van der Waals surface area contributed by atoms with Gasteiger partial charge in [0.15, 0.2) is 0 Å². The molecule has 19 heavy (non-hydrogen) atoms. The van der Waals surface area contributed by atoms with E-state index in [0.29, 0.717) is 6.04 Å². The molecule has 1 aliphatic heterocycles. The second-order valence-electron chi connectivity index (χ2n) is 6.30. The van der Waals surface area contributed by atoms with Gasteiger partial charge in [-0.2, -0.15) is 0 Å². The minimum atomic E-state index is -0.0111. The van der Waals surface area contributed by atoms with Gasteiger partial charge in [-0.3, -0.25) is 0 Å². The molecule has 2 aliphatic rings. The van der Waals surface area contributed by atoms with Crippen LogP contribution in [0.4, 0.5) is 0 Å². The van der Waals surface area contributed by atoms with Crippen molar-refractivity contribution in [3.8, 4) is 0 Å². The Bertz CT molecular complexity index is 267. The molecule has 0 aromatic rings. The van der Waals surface area contributed by atoms with E-state index in [4.69, 9.17) is 4.74 Å². The first-order valence-electron chi connectivity index (χ1n) is 7.82. The Balaban J connectivity index is 1.81. The number of likely N-dealkylation sites (N-methyl/N-ethyl adjacent to an activating group) is 1. The number of aliphatic hydroxyl groups excluding tert-OH is 1. The third-order valence-electron chi connectivity index (χ3n) is 5.00. The van der Waals surface area contributed by atoms with Crippen LogP contribution in [-0.4, -0.2) is 61.5 Å². The van der Waals surface area contributed by atoms with Crippen molar-refractivity contribution in [1.82, 2.24) is 10.2 Å². The van der Waals surface area contributed by atoms with Crippen LogP contribution < -0.4 is 5.32 Å². The summed E-state index contributed by atoms with van der Waals surface area (Å²) in [5.41, 5.74) is -0.0111. The number of nitrogens with one attached hydrogen (secondary N) is 1. The first-order chi connectivity index (χ1) is 9.23. The average molecular weight is 270 g/mol. The fourth-order valence-electron chi connectivity index (χ4n) is 3.87. The van der Waals surface area contributed by atoms with Gasteiger partial charge in [0.25, 0.3) is 0 Å². The minimum absolute atomic E-state index is 0.0111. The number of aliphatic hydroxyl groups is 1. The lowest BCUT2D eigenvalue weighted by atomic mass is 9.95. The van der Waals surface area contributed by atoms with Gasteiger partial charge in [0.1, 0.15) is 0 Å². The highest BCUT2D eigenvalue weighted by Gasteiger charge is 2.40. The van der Waals surface area contributed by atoms with Gasteiger partial charge in [0.2, 0.25) is 0 Å². The predicted molar refractivity (Wildman–Crippen MR) is 77.3 cm³/mol. The number of hydrogen-bond donors (Lipinski definition) is 2. The molecule has 0 aromatic carbocycles. The molecular weight excluding hydrogens is 240 g/mol. The zero-order valence-electron chi connectivity index (χ0n) is 12.5. The van der Waals surface area contributed by atoms with E-state index < -0.39 is 0 Å². The maximum atomic E-state index is 9.68. The Kier molecular flexibility index (Phi) is 5.63. The minimum Gasteiger partial charge on any atom is -0.394 e. The van der Waals surface area contributed by atoms with E-state index >= 15 is 0 Å². The van der Waals surface area contributed by atoms with Gasteiger partial charge in [-0.05, 0) is 57.7 Å². The lowest BCUT2D eigenvalue weighted by molar-refractivity contribution is 0.0756. The zero-order valence-corrected chi connectivity index (χ0v) is 12.5. The molecule has 0 aromatic heterocycles. The van der Waals surface area contributed by atoms with Crippen LogP contribution in [0.15, 0.2) is 0 Å². The maximum absolute atomic E-state index is 9.68. The van der Waals surface area contributed by atoms with E-state index in [0.717, 1.165) is 31.9 Å². The molecule has 1 saturated heterocycles. The van der Waals surface area contributed by atoms with E-state index in [2.05, 4.69) is 17.1 Å². The lowest BCUT2D eigenvalue weighted by Crippen LogP contribution is -2.48. The molecule has 2 atom stereocenters. The van der Waals surface area contributed by atoms with Crippen molar-refractivity contribution in [3.05, 3.63) is 0 Å². The third kappa shape index (κ3) is 3.69. The van der Waals surface area contributed by atoms with Gasteiger partial charge in [0.05, 0.1) is 6.61 Å². The number of likely N-dealkylation sites (tertiary alicyclic amines) is 1. The zero-order chi connectivity index (χ0) is 13.7. The summed E-state index contributed by atoms with van der Waals surface area (Å²) < 4.78 is 5.26. The molecule has 0 spiro atoms. The highest BCUT2D eigenvalue weighted by atomic mass is 16.5. The van der Waals surface area contributed by atoms with Crippen molar-refractivity contribution >= 4 is 0 Å². The summed E-state index contributed by atoms with van der Waals surface area (Å²) in [5, 5.41) is 13.2. The van der Waals surface area contributed by atoms with Gasteiger partial charge in [-0.25, -0.2) is 0 Å². The van der Waals surface area contributed by atoms with Crippen LogP contribution in [0.1, 0.15) is 39.0 Å². The number of methoxy groups -OCH3 is 1. The van der Waals surface area contributed by atoms with Crippen molar-refractivity contribution in [2.75, 3.05) is 40.0 Å². The smallest absolute Gasteiger partial charge is 0.0613 e. The molecule has 1 saturated carbocycles. The SMILES string of the molecule is CCNC1(CO)CCC(N2CCC(COC)CC2)C1. The van der Waals surface area contributed by atoms with E-state index in [1.807, 2.05) is 0 Å². The van der Waals surface area contributed by atoms with Crippen molar-refractivity contribution in [2.24, 2.45) is 5.92 Å². The number of rotatable bonds is 6. The van der Waals surface area contributed by atoms with Crippen LogP contribution in [0.25, 0.3) is 0 Å². The first-order valence-corrected chi connectivity index (χ1v) is 7.82. The third-order valence-corrected chi connectivity index (χ3v) is 5.00. The fourth-order valence-corrected chi connectivity index (χ4v) is 3.87. The average Bonchev–Trinajstić information content (AvgIpc) is 2.85. The molecule has 2 N–H and O–H groups in total. The first kappa shape index (κ1) is 15.2. The largest absolute Gasteiger partial charge is 0.394 e. The molecule has 0 bridgehead atoms. The van der Waals surface area contributed by atoms with E-state index in [-0.39, 0.29) is 12.1 Å². The van der Waals surface area contributed by atoms with Gasteiger partial charge < -0.3 is 20.1 Å². The lowest BCUT2D eigenvalue weighted by Gasteiger charge is -2.37. The number of hydrogen-bond acceptors (Lipinski definition) is 4. The van der Waals surface area contributed by atoms with Crippen LogP contribution in [0, 0.1) is 5.92 Å². The Hall–Kier alpha value is -0.160. The highest BCUT2D eigenvalue weighted by molar-refractivity contribution is 4.99. The van der Waals surface area contributed by atoms with Gasteiger partial charge in [-0.1, -0.05) is 6.92 Å². The van der Waals surface area contributed by atoms with Crippen LogP contribution in [-0.2, 0) is 4.74 Å². The Morgan fingerprint density at radius 1 is 1.32 bits per heavy atom. The van der Waals surface area contributed by atoms with Crippen molar-refractivity contribution in [2.45, 2.75) is 50.6 Å². The van der Waals surface area contributed by atoms with E-state index in [9.17, 15) is 5.11 Å². The van der Waals surface area contributed by atoms with Crippen LogP contribution in [0.2, 0.25) is 0 Å². The monoisotopic (exact) mass is 270 g/mol. The van der Waals surface area contributed by atoms with Crippen molar-refractivity contribution < 1.29 is 9.84 Å². The number of ether oxygens (including phenoxy) is 1. The maximum Gasteiger partial charge on any atom is 0.0613 e. The Labute approximate surface area is 117 Å². The van der Waals surface area contributed by atoms with Gasteiger partial charge >= 0.3 is 0 Å². The summed E-state index contributed by atoms with van der Waals surface area (Å²) in [7, 11) is 1.80. The topological polar surface area (TPSA) is 44.7 Å². The molecule has 2 unspecified atom stereocenters. The van der Waals surface area contributed by atoms with Crippen LogP contribution >= 0.6 is 0 Å². The van der Waals surface area contributed by atoms with Gasteiger partial charge in [-0.15, -0.1) is 0 Å². The summed E-state index contributed by atoms with van der Waals surface area (Å²) in [6.07, 6.45) is 5.96. The molecule has 4 heteroatoms. The van der Waals surface area contributed by atoms with Crippen molar-refractivity contribution in [1.29, 1.82) is 0 Å². The molecule has 2 rings (SSSR count). The summed E-state index contributed by atoms with van der Waals surface area (Å²) in [6.45, 7) is 6.66. The Morgan fingerprint density at radius 2 is 2.05 bits per heavy atom. The van der Waals surface area contributed by atoms with Gasteiger partial charge in [0, 0.05) is 25.3 Å². The quantitative estimate of drug-likeness (QED) is 0.762. The molecule has 4 nitrogen and oxygen atoms in total. The second kappa shape index (κ2) is 7.02. The number of nitrogens with zero attached hydrogens (tertiary/aromatic N) is 1. The molecule has 1 heterocycles. The fraction of sp³-hybridized carbons (Fsp3) is 1.00. The summed E-state index contributed by atoms with van der Waals surface area (Å²) >= 11 is 0. The Morgan fingerprint density at radius 3 is 2.63 bits per heavy atom. The normalized spacial score (nSPS) is 33.9. The van der Waals surface area contributed by atoms with Crippen LogP contribution in [0.5, 0.6) is 0 Å². The van der Waals surface area contributed by atoms with E-state index in [1.54, 1.807) is 7.11 Å². The molecule has 2 fully saturated rings. The molecule has 1 aliphatic carbocycles. The standard InChI is InChI=1S/C15H30N2O2/c1-3-16-15(12-18)7-4-14(10-15)17-8-5-13(6-9-17)11-19-2/h13-14,16,18H,3-12H2,1-2H3. The summed E-state index contributed by atoms with van der Waals surface area (Å²) in [6, 6.07) is 0.662. The second-order valence-corrected chi connectivity index (χ2v) is 6.30. The van der Waals surface area contributed by atoms with Crippen LogP contribution in [0.3, 0.4) is 0 Å². The summed E-state index contributed by atoms with van der Waals surface area (Å²) in [4.78, 5) is 2.64. The molecular formula is C15H30N2O2. The highest BCUT2D eigenvalue weighted by Crippen LogP contribution is 2.34. The predicted octanol–water partition coefficient (Wildman–Crippen LogP) is 1.24. The van der Waals surface area contributed by atoms with E-state index in [1.165, 1.54) is 32.4 Å².